The van der Waals surface area contributed by atoms with E-state index in [4.69, 9.17) is 9.47 Å². The van der Waals surface area contributed by atoms with Crippen molar-refractivity contribution >= 4 is 23.5 Å². The number of carbonyl (C=O) groups is 3. The third-order valence-electron chi connectivity index (χ3n) is 3.78. The zero-order chi connectivity index (χ0) is 17.9. The van der Waals surface area contributed by atoms with Gasteiger partial charge in [-0.3, -0.25) is 9.59 Å². The van der Waals surface area contributed by atoms with Crippen LogP contribution in [0.25, 0.3) is 0 Å². The largest absolute Gasteiger partial charge is 0.478 e. The third-order valence-corrected chi connectivity index (χ3v) is 3.78. The Labute approximate surface area is 140 Å². The first-order chi connectivity index (χ1) is 11.3. The number of ether oxygens (including phenoxy) is 2. The smallest absolute Gasteiger partial charge is 0.348 e. The van der Waals surface area contributed by atoms with Gasteiger partial charge >= 0.3 is 11.9 Å². The maximum absolute atomic E-state index is 12.7. The van der Waals surface area contributed by atoms with Crippen LogP contribution in [0.4, 0.5) is 5.69 Å². The van der Waals surface area contributed by atoms with Crippen molar-refractivity contribution in [1.29, 1.82) is 0 Å². The van der Waals surface area contributed by atoms with E-state index in [1.807, 2.05) is 32.0 Å². The van der Waals surface area contributed by atoms with E-state index in [2.05, 4.69) is 0 Å². The van der Waals surface area contributed by atoms with Gasteiger partial charge < -0.3 is 19.5 Å². The second-order valence-electron chi connectivity index (χ2n) is 5.90. The van der Waals surface area contributed by atoms with Gasteiger partial charge in [0.15, 0.2) is 6.10 Å². The van der Waals surface area contributed by atoms with Crippen molar-refractivity contribution < 1.29 is 29.0 Å². The standard InChI is InChI=1S/C17H21NO6/c1-10(2)12-5-4-6-13(9-12)18-7-8-23-14(16(18)20)15(17(21)22)24-11(3)19/h4-6,9-10,14-15H,7-8H2,1-3H3,(H,21,22)/t14-,15-/m1/s1. The first-order valence-corrected chi connectivity index (χ1v) is 7.74. The Morgan fingerprint density at radius 1 is 1.38 bits per heavy atom. The molecule has 1 saturated heterocycles. The van der Waals surface area contributed by atoms with Crippen LogP contribution in [0.1, 0.15) is 32.3 Å². The number of esters is 1. The van der Waals surface area contributed by atoms with Crippen molar-refractivity contribution in [2.24, 2.45) is 0 Å². The monoisotopic (exact) mass is 335 g/mol. The molecule has 0 bridgehead atoms. The molecular weight excluding hydrogens is 314 g/mol. The molecule has 2 rings (SSSR count). The molecule has 0 unspecified atom stereocenters. The molecule has 24 heavy (non-hydrogen) atoms. The summed E-state index contributed by atoms with van der Waals surface area (Å²) in [6.07, 6.45) is -3.02. The zero-order valence-corrected chi connectivity index (χ0v) is 13.9. The van der Waals surface area contributed by atoms with Gasteiger partial charge in [-0.2, -0.15) is 0 Å². The molecule has 0 spiro atoms. The van der Waals surface area contributed by atoms with Gasteiger partial charge in [0.1, 0.15) is 0 Å². The Bertz CT molecular complexity index is 642. The number of aliphatic carboxylic acids is 1. The average molecular weight is 335 g/mol. The summed E-state index contributed by atoms with van der Waals surface area (Å²) in [7, 11) is 0. The number of carboxylic acid groups (broad SMARTS) is 1. The van der Waals surface area contributed by atoms with Crippen molar-refractivity contribution in [3.63, 3.8) is 0 Å². The Morgan fingerprint density at radius 2 is 2.08 bits per heavy atom. The van der Waals surface area contributed by atoms with Gasteiger partial charge in [0.05, 0.1) is 6.61 Å². The molecule has 2 atom stereocenters. The van der Waals surface area contributed by atoms with E-state index < -0.39 is 30.1 Å². The molecule has 0 aromatic heterocycles. The highest BCUT2D eigenvalue weighted by Gasteiger charge is 2.42. The number of morpholine rings is 1. The molecule has 1 aliphatic rings. The summed E-state index contributed by atoms with van der Waals surface area (Å²) in [6.45, 7) is 5.65. The molecular formula is C17H21NO6. The van der Waals surface area contributed by atoms with Crippen LogP contribution in [0.2, 0.25) is 0 Å². The summed E-state index contributed by atoms with van der Waals surface area (Å²) in [5, 5.41) is 9.24. The fraction of sp³-hybridized carbons (Fsp3) is 0.471. The molecule has 7 nitrogen and oxygen atoms in total. The molecule has 1 fully saturated rings. The molecule has 0 aliphatic carbocycles. The lowest BCUT2D eigenvalue weighted by atomic mass is 10.0. The second kappa shape index (κ2) is 7.44. The second-order valence-corrected chi connectivity index (χ2v) is 5.90. The third kappa shape index (κ3) is 3.91. The van der Waals surface area contributed by atoms with Gasteiger partial charge in [0.2, 0.25) is 6.10 Å². The molecule has 1 heterocycles. The quantitative estimate of drug-likeness (QED) is 0.821. The van der Waals surface area contributed by atoms with E-state index in [1.165, 1.54) is 4.90 Å². The number of benzene rings is 1. The lowest BCUT2D eigenvalue weighted by Crippen LogP contribution is -2.55. The number of hydrogen-bond acceptors (Lipinski definition) is 5. The minimum absolute atomic E-state index is 0.160. The molecule has 1 N–H and O–H groups in total. The molecule has 7 heteroatoms. The summed E-state index contributed by atoms with van der Waals surface area (Å²) in [5.41, 5.74) is 1.74. The first kappa shape index (κ1) is 17.9. The predicted octanol–water partition coefficient (Wildman–Crippen LogP) is 1.56. The maximum Gasteiger partial charge on any atom is 0.348 e. The topological polar surface area (TPSA) is 93.1 Å². The number of amides is 1. The summed E-state index contributed by atoms with van der Waals surface area (Å²) in [6, 6.07) is 7.50. The first-order valence-electron chi connectivity index (χ1n) is 7.74. The summed E-state index contributed by atoms with van der Waals surface area (Å²) in [5.74, 6) is -2.43. The van der Waals surface area contributed by atoms with Crippen molar-refractivity contribution in [2.75, 3.05) is 18.1 Å². The number of carbonyl (C=O) groups excluding carboxylic acids is 2. The van der Waals surface area contributed by atoms with Crippen LogP contribution in [0.15, 0.2) is 24.3 Å². The van der Waals surface area contributed by atoms with E-state index in [0.717, 1.165) is 12.5 Å². The highest BCUT2D eigenvalue weighted by molar-refractivity contribution is 6.00. The Hall–Kier alpha value is -2.41. The molecule has 0 saturated carbocycles. The number of hydrogen-bond donors (Lipinski definition) is 1. The Kier molecular flexibility index (Phi) is 5.56. The summed E-state index contributed by atoms with van der Waals surface area (Å²) in [4.78, 5) is 36.6. The van der Waals surface area contributed by atoms with Crippen molar-refractivity contribution in [2.45, 2.75) is 38.9 Å². The Balaban J connectivity index is 2.27. The number of anilines is 1. The van der Waals surface area contributed by atoms with Crippen LogP contribution in [-0.2, 0) is 23.9 Å². The fourth-order valence-electron chi connectivity index (χ4n) is 2.55. The van der Waals surface area contributed by atoms with Crippen molar-refractivity contribution in [3.05, 3.63) is 29.8 Å². The SMILES string of the molecule is CC(=O)O[C@@H](C(=O)O)[C@H]1OCCN(c2cccc(C(C)C)c2)C1=O. The summed E-state index contributed by atoms with van der Waals surface area (Å²) < 4.78 is 10.1. The minimum atomic E-state index is -1.66. The zero-order valence-electron chi connectivity index (χ0n) is 13.9. The van der Waals surface area contributed by atoms with Crippen LogP contribution in [-0.4, -0.2) is 48.3 Å². The van der Waals surface area contributed by atoms with Crippen LogP contribution in [0.3, 0.4) is 0 Å². The van der Waals surface area contributed by atoms with E-state index in [9.17, 15) is 19.5 Å². The number of carboxylic acids is 1. The van der Waals surface area contributed by atoms with Crippen LogP contribution < -0.4 is 4.90 Å². The Morgan fingerprint density at radius 3 is 2.67 bits per heavy atom. The average Bonchev–Trinajstić information content (AvgIpc) is 2.53. The van der Waals surface area contributed by atoms with Gasteiger partial charge in [-0.1, -0.05) is 26.0 Å². The molecule has 1 aliphatic heterocycles. The molecule has 1 aromatic rings. The lowest BCUT2D eigenvalue weighted by Gasteiger charge is -2.34. The molecule has 0 radical (unpaired) electrons. The van der Waals surface area contributed by atoms with Crippen molar-refractivity contribution in [1.82, 2.24) is 0 Å². The fourth-order valence-corrected chi connectivity index (χ4v) is 2.55. The van der Waals surface area contributed by atoms with Gasteiger partial charge in [0, 0.05) is 19.2 Å². The van der Waals surface area contributed by atoms with Crippen LogP contribution in [0, 0.1) is 0 Å². The molecule has 130 valence electrons. The maximum atomic E-state index is 12.7. The van der Waals surface area contributed by atoms with Gasteiger partial charge in [-0.15, -0.1) is 0 Å². The highest BCUT2D eigenvalue weighted by Crippen LogP contribution is 2.25. The number of rotatable bonds is 5. The van der Waals surface area contributed by atoms with Crippen molar-refractivity contribution in [3.8, 4) is 0 Å². The number of nitrogens with zero attached hydrogens (tertiary/aromatic N) is 1. The van der Waals surface area contributed by atoms with Gasteiger partial charge in [0.25, 0.3) is 5.91 Å². The van der Waals surface area contributed by atoms with E-state index >= 15 is 0 Å². The van der Waals surface area contributed by atoms with E-state index in [-0.39, 0.29) is 6.61 Å². The normalized spacial score (nSPS) is 19.2. The summed E-state index contributed by atoms with van der Waals surface area (Å²) >= 11 is 0. The van der Waals surface area contributed by atoms with Gasteiger partial charge in [-0.05, 0) is 23.6 Å². The van der Waals surface area contributed by atoms with Crippen LogP contribution >= 0.6 is 0 Å². The van der Waals surface area contributed by atoms with Gasteiger partial charge in [-0.25, -0.2) is 4.79 Å². The van der Waals surface area contributed by atoms with Crippen LogP contribution in [0.5, 0.6) is 0 Å². The molecule has 1 aromatic carbocycles. The highest BCUT2D eigenvalue weighted by atomic mass is 16.6. The lowest BCUT2D eigenvalue weighted by molar-refractivity contribution is -0.177. The molecule has 1 amide bonds. The minimum Gasteiger partial charge on any atom is -0.478 e. The van der Waals surface area contributed by atoms with E-state index in [0.29, 0.717) is 18.2 Å². The predicted molar refractivity (Wildman–Crippen MR) is 85.8 cm³/mol. The van der Waals surface area contributed by atoms with E-state index in [1.54, 1.807) is 6.07 Å².